The van der Waals surface area contributed by atoms with Gasteiger partial charge in [-0.1, -0.05) is 0 Å². The van der Waals surface area contributed by atoms with Crippen molar-refractivity contribution in [3.63, 3.8) is 0 Å². The summed E-state index contributed by atoms with van der Waals surface area (Å²) in [4.78, 5) is 0. The summed E-state index contributed by atoms with van der Waals surface area (Å²) in [5.74, 6) is 0. The Balaban J connectivity index is 2.31. The molecule has 0 saturated carbocycles. The molecule has 1 rings (SSSR count). The van der Waals surface area contributed by atoms with Gasteiger partial charge in [0.25, 0.3) is 0 Å². The fraction of sp³-hybridized carbons (Fsp3) is 0.667. The monoisotopic (exact) mass is 294 g/mol. The quantitative estimate of drug-likeness (QED) is 0.334. The highest BCUT2D eigenvalue weighted by Crippen LogP contribution is 2.13. The Bertz CT molecular complexity index is 370. The number of aliphatic hydroxyl groups excluding tert-OH is 4. The summed E-state index contributed by atoms with van der Waals surface area (Å²) in [6.07, 6.45) is -1.33. The molecule has 0 aromatic carbocycles. The number of hydrogen-bond donors (Lipinski definition) is 4. The second kappa shape index (κ2) is 9.01. The molecular weight excluding hydrogens is 275 g/mol. The van der Waals surface area contributed by atoms with E-state index in [2.05, 4.69) is 0 Å². The molecule has 0 saturated heterocycles. The fourth-order valence-corrected chi connectivity index (χ4v) is 1.50. The molecule has 0 fully saturated rings. The van der Waals surface area contributed by atoms with Crippen LogP contribution >= 0.6 is 0 Å². The molecule has 8 heteroatoms. The zero-order valence-electron chi connectivity index (χ0n) is 10.8. The summed E-state index contributed by atoms with van der Waals surface area (Å²) in [7, 11) is 0. The van der Waals surface area contributed by atoms with Gasteiger partial charge in [0.2, 0.25) is 0 Å². The third kappa shape index (κ3) is 4.82. The molecular formula is C12H19FO7. The Morgan fingerprint density at radius 3 is 2.45 bits per heavy atom. The van der Waals surface area contributed by atoms with Crippen LogP contribution in [-0.2, 0) is 22.8 Å². The Labute approximate surface area is 115 Å². The molecule has 0 aliphatic carbocycles. The van der Waals surface area contributed by atoms with Crippen LogP contribution < -0.4 is 0 Å². The normalized spacial score (nSPS) is 16.1. The number of aliphatic hydroxyl groups is 4. The molecule has 1 heterocycles. The van der Waals surface area contributed by atoms with E-state index >= 15 is 0 Å². The van der Waals surface area contributed by atoms with Gasteiger partial charge in [0.15, 0.2) is 0 Å². The molecule has 0 aliphatic rings. The molecule has 0 bridgehead atoms. The summed E-state index contributed by atoms with van der Waals surface area (Å²) in [5, 5.41) is 36.4. The number of rotatable bonds is 10. The molecule has 1 aromatic rings. The van der Waals surface area contributed by atoms with Gasteiger partial charge in [-0.05, 0) is 0 Å². The van der Waals surface area contributed by atoms with E-state index in [0.29, 0.717) is 11.1 Å². The first-order valence-electron chi connectivity index (χ1n) is 6.01. The predicted octanol–water partition coefficient (Wildman–Crippen LogP) is -0.685. The minimum Gasteiger partial charge on any atom is -0.472 e. The van der Waals surface area contributed by atoms with Crippen LogP contribution in [0, 0.1) is 0 Å². The number of halogens is 1. The standard InChI is InChI=1S/C12H19FO7/c13-1-8-4-18-5-9(8)6-19-7-20-11(3-15)12(17)10(16)2-14/h4-5,10-12,14-17H,1-3,6-7H2/t10?,11?,12-/m1/s1. The van der Waals surface area contributed by atoms with E-state index in [1.54, 1.807) is 0 Å². The van der Waals surface area contributed by atoms with E-state index in [4.69, 9.17) is 24.1 Å². The van der Waals surface area contributed by atoms with Gasteiger partial charge in [-0.3, -0.25) is 0 Å². The minimum absolute atomic E-state index is 0.0482. The lowest BCUT2D eigenvalue weighted by Crippen LogP contribution is -2.43. The van der Waals surface area contributed by atoms with E-state index in [-0.39, 0.29) is 13.4 Å². The van der Waals surface area contributed by atoms with Crippen molar-refractivity contribution in [3.8, 4) is 0 Å². The topological polar surface area (TPSA) is 113 Å². The van der Waals surface area contributed by atoms with Crippen LogP contribution in [0.2, 0.25) is 0 Å². The van der Waals surface area contributed by atoms with Crippen LogP contribution in [0.25, 0.3) is 0 Å². The third-order valence-corrected chi connectivity index (χ3v) is 2.74. The number of ether oxygens (including phenoxy) is 2. The van der Waals surface area contributed by atoms with Crippen molar-refractivity contribution in [2.45, 2.75) is 31.6 Å². The lowest BCUT2D eigenvalue weighted by atomic mass is 10.1. The molecule has 116 valence electrons. The predicted molar refractivity (Wildman–Crippen MR) is 64.2 cm³/mol. The van der Waals surface area contributed by atoms with Crippen LogP contribution in [0.5, 0.6) is 0 Å². The number of furan rings is 1. The second-order valence-electron chi connectivity index (χ2n) is 4.15. The number of hydrogen-bond acceptors (Lipinski definition) is 7. The molecule has 0 radical (unpaired) electrons. The lowest BCUT2D eigenvalue weighted by molar-refractivity contribution is -0.165. The molecule has 2 unspecified atom stereocenters. The third-order valence-electron chi connectivity index (χ3n) is 2.74. The summed E-state index contributed by atoms with van der Waals surface area (Å²) in [6.45, 7) is -2.11. The average molecular weight is 294 g/mol. The maximum Gasteiger partial charge on any atom is 0.147 e. The van der Waals surface area contributed by atoms with Crippen LogP contribution in [0.15, 0.2) is 16.9 Å². The fourth-order valence-electron chi connectivity index (χ4n) is 1.50. The SMILES string of the molecule is OCC(O)[C@@H](O)C(CO)OCOCc1cocc1CF. The van der Waals surface area contributed by atoms with Gasteiger partial charge < -0.3 is 34.3 Å². The van der Waals surface area contributed by atoms with Crippen LogP contribution in [0.1, 0.15) is 11.1 Å². The minimum atomic E-state index is -1.44. The van der Waals surface area contributed by atoms with Gasteiger partial charge in [0.1, 0.15) is 31.8 Å². The first kappa shape index (κ1) is 17.0. The van der Waals surface area contributed by atoms with Crippen molar-refractivity contribution in [2.75, 3.05) is 20.0 Å². The first-order chi connectivity index (χ1) is 9.63. The highest BCUT2D eigenvalue weighted by Gasteiger charge is 2.26. The van der Waals surface area contributed by atoms with Crippen LogP contribution in [-0.4, -0.2) is 58.7 Å². The van der Waals surface area contributed by atoms with E-state index in [1.165, 1.54) is 12.5 Å². The molecule has 1 aromatic heterocycles. The molecule has 0 amide bonds. The summed E-state index contributed by atoms with van der Waals surface area (Å²) in [5.41, 5.74) is 0.909. The second-order valence-corrected chi connectivity index (χ2v) is 4.15. The lowest BCUT2D eigenvalue weighted by Gasteiger charge is -2.24. The summed E-state index contributed by atoms with van der Waals surface area (Å²) < 4.78 is 27.4. The van der Waals surface area contributed by atoms with Crippen molar-refractivity contribution in [3.05, 3.63) is 23.7 Å². The summed E-state index contributed by atoms with van der Waals surface area (Å²) >= 11 is 0. The zero-order chi connectivity index (χ0) is 15.0. The molecule has 20 heavy (non-hydrogen) atoms. The Morgan fingerprint density at radius 2 is 1.85 bits per heavy atom. The van der Waals surface area contributed by atoms with Crippen LogP contribution in [0.4, 0.5) is 4.39 Å². The van der Waals surface area contributed by atoms with Gasteiger partial charge in [0, 0.05) is 11.1 Å². The molecule has 0 aliphatic heterocycles. The largest absolute Gasteiger partial charge is 0.472 e. The molecule has 3 atom stereocenters. The van der Waals surface area contributed by atoms with E-state index in [9.17, 15) is 14.6 Å². The van der Waals surface area contributed by atoms with Gasteiger partial charge >= 0.3 is 0 Å². The van der Waals surface area contributed by atoms with E-state index in [1.807, 2.05) is 0 Å². The van der Waals surface area contributed by atoms with Gasteiger partial charge in [-0.15, -0.1) is 0 Å². The smallest absolute Gasteiger partial charge is 0.147 e. The van der Waals surface area contributed by atoms with Crippen molar-refractivity contribution in [2.24, 2.45) is 0 Å². The van der Waals surface area contributed by atoms with Crippen LogP contribution in [0.3, 0.4) is 0 Å². The Hall–Kier alpha value is -1.03. The Morgan fingerprint density at radius 1 is 1.15 bits per heavy atom. The van der Waals surface area contributed by atoms with Crippen molar-refractivity contribution < 1.29 is 38.7 Å². The van der Waals surface area contributed by atoms with Crippen molar-refractivity contribution in [1.29, 1.82) is 0 Å². The van der Waals surface area contributed by atoms with Gasteiger partial charge in [-0.2, -0.15) is 0 Å². The molecule has 0 spiro atoms. The van der Waals surface area contributed by atoms with E-state index < -0.39 is 38.2 Å². The van der Waals surface area contributed by atoms with E-state index in [0.717, 1.165) is 0 Å². The zero-order valence-corrected chi connectivity index (χ0v) is 10.8. The van der Waals surface area contributed by atoms with Crippen molar-refractivity contribution >= 4 is 0 Å². The van der Waals surface area contributed by atoms with Gasteiger partial charge in [-0.25, -0.2) is 4.39 Å². The Kier molecular flexibility index (Phi) is 7.67. The number of alkyl halides is 1. The van der Waals surface area contributed by atoms with Crippen molar-refractivity contribution in [1.82, 2.24) is 0 Å². The maximum atomic E-state index is 12.5. The molecule has 7 nitrogen and oxygen atoms in total. The maximum absolute atomic E-state index is 12.5. The summed E-state index contributed by atoms with van der Waals surface area (Å²) in [6, 6.07) is 0. The van der Waals surface area contributed by atoms with Gasteiger partial charge in [0.05, 0.1) is 32.3 Å². The highest BCUT2D eigenvalue weighted by atomic mass is 19.1. The highest BCUT2D eigenvalue weighted by molar-refractivity contribution is 5.18. The average Bonchev–Trinajstić information content (AvgIpc) is 2.93. The first-order valence-corrected chi connectivity index (χ1v) is 6.01. The molecule has 4 N–H and O–H groups in total.